The fraction of sp³-hybridized carbons (Fsp3) is 0.250. The van der Waals surface area contributed by atoms with E-state index in [1.807, 2.05) is 0 Å². The van der Waals surface area contributed by atoms with Crippen molar-refractivity contribution in [3.63, 3.8) is 0 Å². The van der Waals surface area contributed by atoms with Crippen LogP contribution in [0.1, 0.15) is 12.0 Å². The van der Waals surface area contributed by atoms with E-state index in [0.717, 1.165) is 16.5 Å². The van der Waals surface area contributed by atoms with Crippen molar-refractivity contribution >= 4 is 41.0 Å². The first-order valence-electron chi connectivity index (χ1n) is 10.3. The lowest BCUT2D eigenvalue weighted by molar-refractivity contribution is -0.135. The van der Waals surface area contributed by atoms with Crippen molar-refractivity contribution in [1.82, 2.24) is 4.90 Å². The van der Waals surface area contributed by atoms with Gasteiger partial charge in [-0.3, -0.25) is 14.4 Å². The van der Waals surface area contributed by atoms with E-state index >= 15 is 0 Å². The molecule has 178 valence electrons. The standard InChI is InChI=1S/C24H23ClN2O7/c1-33-19-8-3-15(13-20(19)34-2)11-12-26(21(28)9-10-23(30)31)18-14-22(29)27(24(18)32)17-6-4-16(25)5-7-17/h3-10,13,18H,11-12,14H2,1-2H3,(H,30,31). The van der Waals surface area contributed by atoms with Gasteiger partial charge in [0, 0.05) is 23.7 Å². The SMILES string of the molecule is COc1ccc(CCN(C(=O)C=CC(=O)O)C2CC(=O)N(c3ccc(Cl)cc3)C2=O)cc1OC. The Morgan fingerprint density at radius 3 is 2.38 bits per heavy atom. The Kier molecular flexibility index (Phi) is 7.91. The number of methoxy groups -OCH3 is 2. The van der Waals surface area contributed by atoms with Gasteiger partial charge >= 0.3 is 5.97 Å². The van der Waals surface area contributed by atoms with Crippen molar-refractivity contribution in [2.24, 2.45) is 0 Å². The number of amides is 3. The number of carboxylic acids is 1. The van der Waals surface area contributed by atoms with Crippen molar-refractivity contribution in [2.45, 2.75) is 18.9 Å². The zero-order valence-corrected chi connectivity index (χ0v) is 19.3. The molecule has 0 radical (unpaired) electrons. The Labute approximate surface area is 201 Å². The van der Waals surface area contributed by atoms with E-state index in [0.29, 0.717) is 34.7 Å². The normalized spacial score (nSPS) is 15.6. The van der Waals surface area contributed by atoms with E-state index in [2.05, 4.69) is 0 Å². The number of halogens is 1. The molecule has 34 heavy (non-hydrogen) atoms. The van der Waals surface area contributed by atoms with Gasteiger partial charge in [-0.1, -0.05) is 17.7 Å². The molecule has 0 bridgehead atoms. The molecule has 9 nitrogen and oxygen atoms in total. The van der Waals surface area contributed by atoms with Crippen molar-refractivity contribution < 1.29 is 33.8 Å². The van der Waals surface area contributed by atoms with E-state index in [-0.39, 0.29) is 13.0 Å². The fourth-order valence-electron chi connectivity index (χ4n) is 3.66. The first-order valence-corrected chi connectivity index (χ1v) is 10.7. The zero-order chi connectivity index (χ0) is 24.8. The van der Waals surface area contributed by atoms with Gasteiger partial charge in [-0.15, -0.1) is 0 Å². The summed E-state index contributed by atoms with van der Waals surface area (Å²) in [6, 6.07) is 10.4. The van der Waals surface area contributed by atoms with Crippen LogP contribution in [0.5, 0.6) is 11.5 Å². The average Bonchev–Trinajstić information content (AvgIpc) is 3.11. The summed E-state index contributed by atoms with van der Waals surface area (Å²) >= 11 is 5.90. The lowest BCUT2D eigenvalue weighted by Crippen LogP contribution is -2.46. The monoisotopic (exact) mass is 486 g/mol. The van der Waals surface area contributed by atoms with Crippen molar-refractivity contribution in [3.05, 3.63) is 65.2 Å². The molecular formula is C24H23ClN2O7. The summed E-state index contributed by atoms with van der Waals surface area (Å²) < 4.78 is 10.5. The fourth-order valence-corrected chi connectivity index (χ4v) is 3.79. The van der Waals surface area contributed by atoms with Gasteiger partial charge in [-0.25, -0.2) is 9.69 Å². The second-order valence-electron chi connectivity index (χ2n) is 7.41. The third kappa shape index (κ3) is 5.55. The summed E-state index contributed by atoms with van der Waals surface area (Å²) in [5.74, 6) is -1.99. The number of carbonyl (C=O) groups excluding carboxylic acids is 3. The second kappa shape index (κ2) is 10.8. The van der Waals surface area contributed by atoms with Crippen LogP contribution in [-0.4, -0.2) is 60.5 Å². The number of imide groups is 1. The highest BCUT2D eigenvalue weighted by Gasteiger charge is 2.43. The molecule has 1 atom stereocenters. The lowest BCUT2D eigenvalue weighted by Gasteiger charge is -2.26. The highest BCUT2D eigenvalue weighted by molar-refractivity contribution is 6.31. The Morgan fingerprint density at radius 2 is 1.76 bits per heavy atom. The Hall–Kier alpha value is -3.85. The number of hydrogen-bond donors (Lipinski definition) is 1. The summed E-state index contributed by atoms with van der Waals surface area (Å²) in [6.07, 6.45) is 1.68. The molecule has 10 heteroatoms. The average molecular weight is 487 g/mol. The maximum atomic E-state index is 13.2. The van der Waals surface area contributed by atoms with Crippen LogP contribution >= 0.6 is 11.6 Å². The number of anilines is 1. The summed E-state index contributed by atoms with van der Waals surface area (Å²) in [6.45, 7) is 0.0659. The third-order valence-corrected chi connectivity index (χ3v) is 5.58. The van der Waals surface area contributed by atoms with E-state index in [4.69, 9.17) is 26.2 Å². The molecule has 1 aliphatic heterocycles. The van der Waals surface area contributed by atoms with Gasteiger partial charge in [0.05, 0.1) is 26.3 Å². The largest absolute Gasteiger partial charge is 0.493 e. The van der Waals surface area contributed by atoms with Gasteiger partial charge in [-0.05, 0) is 48.4 Å². The van der Waals surface area contributed by atoms with Crippen LogP contribution in [-0.2, 0) is 25.6 Å². The van der Waals surface area contributed by atoms with Gasteiger partial charge in [0.2, 0.25) is 11.8 Å². The molecule has 2 aromatic carbocycles. The van der Waals surface area contributed by atoms with Crippen molar-refractivity contribution in [2.75, 3.05) is 25.7 Å². The molecule has 1 heterocycles. The molecule has 1 fully saturated rings. The molecule has 3 rings (SSSR count). The number of rotatable bonds is 9. The Balaban J connectivity index is 1.86. The molecule has 1 unspecified atom stereocenters. The first kappa shape index (κ1) is 24.8. The highest BCUT2D eigenvalue weighted by atomic mass is 35.5. The van der Waals surface area contributed by atoms with E-state index in [1.54, 1.807) is 42.5 Å². The molecule has 1 N–H and O–H groups in total. The number of nitrogens with zero attached hydrogens (tertiary/aromatic N) is 2. The molecule has 2 aromatic rings. The number of benzene rings is 2. The minimum atomic E-state index is -1.30. The number of carboxylic acid groups (broad SMARTS) is 1. The summed E-state index contributed by atoms with van der Waals surface area (Å²) in [4.78, 5) is 51.9. The van der Waals surface area contributed by atoms with Crippen LogP contribution in [0.2, 0.25) is 5.02 Å². The van der Waals surface area contributed by atoms with Gasteiger partial charge in [0.25, 0.3) is 5.91 Å². The summed E-state index contributed by atoms with van der Waals surface area (Å²) in [5.41, 5.74) is 1.14. The maximum absolute atomic E-state index is 13.2. The molecule has 1 aliphatic rings. The molecular weight excluding hydrogens is 464 g/mol. The van der Waals surface area contributed by atoms with Crippen LogP contribution < -0.4 is 14.4 Å². The smallest absolute Gasteiger partial charge is 0.328 e. The quantitative estimate of drug-likeness (QED) is 0.428. The first-order chi connectivity index (χ1) is 16.2. The van der Waals surface area contributed by atoms with Crippen molar-refractivity contribution in [3.8, 4) is 11.5 Å². The van der Waals surface area contributed by atoms with Gasteiger partial charge in [0.15, 0.2) is 11.5 Å². The van der Waals surface area contributed by atoms with Crippen LogP contribution in [0, 0.1) is 0 Å². The highest BCUT2D eigenvalue weighted by Crippen LogP contribution is 2.29. The molecule has 0 spiro atoms. The minimum absolute atomic E-state index is 0.0659. The van der Waals surface area contributed by atoms with E-state index in [9.17, 15) is 19.2 Å². The second-order valence-corrected chi connectivity index (χ2v) is 7.84. The summed E-state index contributed by atoms with van der Waals surface area (Å²) in [7, 11) is 3.02. The van der Waals surface area contributed by atoms with E-state index < -0.39 is 29.7 Å². The molecule has 0 aromatic heterocycles. The molecule has 0 aliphatic carbocycles. The van der Waals surface area contributed by atoms with Crippen molar-refractivity contribution in [1.29, 1.82) is 0 Å². The van der Waals surface area contributed by atoms with E-state index in [1.165, 1.54) is 19.1 Å². The zero-order valence-electron chi connectivity index (χ0n) is 18.6. The van der Waals surface area contributed by atoms with Gasteiger partial charge in [0.1, 0.15) is 6.04 Å². The lowest BCUT2D eigenvalue weighted by atomic mass is 10.1. The predicted molar refractivity (Wildman–Crippen MR) is 124 cm³/mol. The van der Waals surface area contributed by atoms with Crippen LogP contribution in [0.3, 0.4) is 0 Å². The predicted octanol–water partition coefficient (Wildman–Crippen LogP) is 2.70. The number of ether oxygens (including phenoxy) is 2. The Morgan fingerprint density at radius 1 is 1.09 bits per heavy atom. The topological polar surface area (TPSA) is 113 Å². The van der Waals surface area contributed by atoms with Gasteiger partial charge < -0.3 is 19.5 Å². The molecule has 0 saturated carbocycles. The summed E-state index contributed by atoms with van der Waals surface area (Å²) in [5, 5.41) is 9.36. The molecule has 3 amide bonds. The van der Waals surface area contributed by atoms with Crippen LogP contribution in [0.25, 0.3) is 0 Å². The maximum Gasteiger partial charge on any atom is 0.328 e. The van der Waals surface area contributed by atoms with Crippen LogP contribution in [0.15, 0.2) is 54.6 Å². The Bertz CT molecular complexity index is 1130. The number of hydrogen-bond acceptors (Lipinski definition) is 6. The minimum Gasteiger partial charge on any atom is -0.493 e. The number of carbonyl (C=O) groups is 4. The van der Waals surface area contributed by atoms with Gasteiger partial charge in [-0.2, -0.15) is 0 Å². The molecule has 1 saturated heterocycles. The third-order valence-electron chi connectivity index (χ3n) is 5.32. The van der Waals surface area contributed by atoms with Crippen LogP contribution in [0.4, 0.5) is 5.69 Å². The number of aliphatic carboxylic acids is 1.